The highest BCUT2D eigenvalue weighted by Gasteiger charge is 2.13. The van der Waals surface area contributed by atoms with Crippen LogP contribution in [-0.2, 0) is 0 Å². The van der Waals surface area contributed by atoms with Crippen LogP contribution in [0.15, 0.2) is 35.1 Å². The summed E-state index contributed by atoms with van der Waals surface area (Å²) in [7, 11) is 0. The molecule has 0 amide bonds. The zero-order chi connectivity index (χ0) is 13.3. The fourth-order valence-corrected chi connectivity index (χ4v) is 1.90. The van der Waals surface area contributed by atoms with Crippen LogP contribution in [0.4, 0.5) is 0 Å². The molecule has 0 fully saturated rings. The van der Waals surface area contributed by atoms with Gasteiger partial charge >= 0.3 is 0 Å². The van der Waals surface area contributed by atoms with Gasteiger partial charge in [0.25, 0.3) is 5.56 Å². The molecule has 0 saturated carbocycles. The predicted molar refractivity (Wildman–Crippen MR) is 68.2 cm³/mol. The van der Waals surface area contributed by atoms with E-state index in [4.69, 9.17) is 16.9 Å². The number of benzene rings is 1. The summed E-state index contributed by atoms with van der Waals surface area (Å²) in [6.45, 7) is 1.60. The van der Waals surface area contributed by atoms with Gasteiger partial charge in [0, 0.05) is 11.1 Å². The van der Waals surface area contributed by atoms with Crippen LogP contribution >= 0.6 is 11.6 Å². The molecule has 2 rings (SSSR count). The van der Waals surface area contributed by atoms with Crippen LogP contribution in [0.1, 0.15) is 11.1 Å². The number of hydrogen-bond acceptors (Lipinski definition) is 3. The number of hydrogen-bond donors (Lipinski definition) is 1. The molecule has 90 valence electrons. The summed E-state index contributed by atoms with van der Waals surface area (Å²) in [6.07, 6.45) is 0. The molecule has 0 atom stereocenters. The summed E-state index contributed by atoms with van der Waals surface area (Å²) in [5, 5.41) is 19.2. The molecule has 0 bridgehead atoms. The summed E-state index contributed by atoms with van der Waals surface area (Å²) >= 11 is 5.84. The zero-order valence-electron chi connectivity index (χ0n) is 9.51. The van der Waals surface area contributed by atoms with E-state index in [1.165, 1.54) is 6.07 Å². The minimum atomic E-state index is -0.558. The topological polar surface area (TPSA) is 66.0 Å². The lowest BCUT2D eigenvalue weighted by molar-refractivity contribution is 0.434. The lowest BCUT2D eigenvalue weighted by atomic mass is 10.1. The summed E-state index contributed by atoms with van der Waals surface area (Å²) in [6, 6.07) is 9.70. The van der Waals surface area contributed by atoms with Crippen LogP contribution in [0.25, 0.3) is 5.69 Å². The van der Waals surface area contributed by atoms with Crippen LogP contribution < -0.4 is 5.56 Å². The van der Waals surface area contributed by atoms with Crippen LogP contribution in [0.2, 0.25) is 5.02 Å². The maximum Gasteiger partial charge on any atom is 0.276 e. The van der Waals surface area contributed by atoms with Crippen molar-refractivity contribution < 1.29 is 5.11 Å². The van der Waals surface area contributed by atoms with Gasteiger partial charge in [-0.1, -0.05) is 17.7 Å². The van der Waals surface area contributed by atoms with E-state index in [2.05, 4.69) is 0 Å². The molecule has 18 heavy (non-hydrogen) atoms. The van der Waals surface area contributed by atoms with E-state index >= 15 is 0 Å². The molecule has 0 radical (unpaired) electrons. The smallest absolute Gasteiger partial charge is 0.276 e. The van der Waals surface area contributed by atoms with Crippen LogP contribution in [-0.4, -0.2) is 9.67 Å². The number of nitrogens with zero attached hydrogens (tertiary/aromatic N) is 2. The highest BCUT2D eigenvalue weighted by molar-refractivity contribution is 6.30. The Labute approximate surface area is 108 Å². The molecule has 2 aromatic rings. The molecule has 1 aromatic heterocycles. The lowest BCUT2D eigenvalue weighted by Crippen LogP contribution is -2.22. The summed E-state index contributed by atoms with van der Waals surface area (Å²) < 4.78 is 1.05. The number of nitriles is 1. The van der Waals surface area contributed by atoms with Gasteiger partial charge in [0.15, 0.2) is 5.88 Å². The minimum Gasteiger partial charge on any atom is -0.494 e. The number of pyridine rings is 1. The van der Waals surface area contributed by atoms with Crippen LogP contribution in [0.3, 0.4) is 0 Å². The Morgan fingerprint density at radius 2 is 2.11 bits per heavy atom. The molecule has 0 unspecified atom stereocenters. The van der Waals surface area contributed by atoms with Crippen LogP contribution in [0, 0.1) is 18.3 Å². The van der Waals surface area contributed by atoms with Gasteiger partial charge in [-0.05, 0) is 30.7 Å². The molecule has 5 heteroatoms. The normalized spacial score (nSPS) is 10.1. The van der Waals surface area contributed by atoms with E-state index in [-0.39, 0.29) is 11.4 Å². The molecule has 1 N–H and O–H groups in total. The van der Waals surface area contributed by atoms with Crippen molar-refractivity contribution in [3.8, 4) is 17.6 Å². The molecule has 0 aliphatic carbocycles. The van der Waals surface area contributed by atoms with Gasteiger partial charge < -0.3 is 5.11 Å². The van der Waals surface area contributed by atoms with Crippen molar-refractivity contribution in [2.45, 2.75) is 6.92 Å². The first-order valence-corrected chi connectivity index (χ1v) is 5.54. The quantitative estimate of drug-likeness (QED) is 0.856. The number of aromatic nitrogens is 1. The molecule has 0 spiro atoms. The maximum atomic E-state index is 12.1. The third-order valence-corrected chi connectivity index (χ3v) is 2.80. The SMILES string of the molecule is Cc1cc(O)n(-c2cccc(Cl)c2)c(=O)c1C#N. The number of rotatable bonds is 1. The van der Waals surface area contributed by atoms with Crippen molar-refractivity contribution in [2.24, 2.45) is 0 Å². The highest BCUT2D eigenvalue weighted by atomic mass is 35.5. The first-order valence-electron chi connectivity index (χ1n) is 5.16. The van der Waals surface area contributed by atoms with E-state index in [0.29, 0.717) is 16.3 Å². The Kier molecular flexibility index (Phi) is 3.09. The lowest BCUT2D eigenvalue weighted by Gasteiger charge is -2.10. The molecule has 0 aliphatic rings. The Bertz CT molecular complexity index is 714. The summed E-state index contributed by atoms with van der Waals surface area (Å²) in [4.78, 5) is 12.1. The van der Waals surface area contributed by atoms with Gasteiger partial charge in [-0.25, -0.2) is 4.57 Å². The second-order valence-electron chi connectivity index (χ2n) is 3.79. The first-order chi connectivity index (χ1) is 8.54. The van der Waals surface area contributed by atoms with Gasteiger partial charge in [-0.15, -0.1) is 0 Å². The standard InChI is InChI=1S/C13H9ClN2O2/c1-8-5-12(17)16(13(18)11(8)7-15)10-4-2-3-9(14)6-10/h2-6,17H,1H3. The van der Waals surface area contributed by atoms with Crippen molar-refractivity contribution in [1.82, 2.24) is 4.57 Å². The average Bonchev–Trinajstić information content (AvgIpc) is 2.28. The largest absolute Gasteiger partial charge is 0.494 e. The average molecular weight is 261 g/mol. The van der Waals surface area contributed by atoms with Gasteiger partial charge in [0.1, 0.15) is 11.6 Å². The van der Waals surface area contributed by atoms with E-state index in [1.54, 1.807) is 31.2 Å². The molecule has 0 saturated heterocycles. The number of halogens is 1. The fraction of sp³-hybridized carbons (Fsp3) is 0.0769. The first kappa shape index (κ1) is 12.2. The Balaban J connectivity index is 2.81. The molecule has 4 nitrogen and oxygen atoms in total. The van der Waals surface area contributed by atoms with Gasteiger partial charge in [-0.3, -0.25) is 4.79 Å². The van der Waals surface area contributed by atoms with E-state index < -0.39 is 5.56 Å². The fourth-order valence-electron chi connectivity index (χ4n) is 1.72. The third-order valence-electron chi connectivity index (χ3n) is 2.56. The van der Waals surface area contributed by atoms with E-state index in [0.717, 1.165) is 4.57 Å². The van der Waals surface area contributed by atoms with Gasteiger partial charge in [-0.2, -0.15) is 5.26 Å². The van der Waals surface area contributed by atoms with Crippen molar-refractivity contribution in [3.05, 3.63) is 56.8 Å². The Hall–Kier alpha value is -2.25. The zero-order valence-corrected chi connectivity index (χ0v) is 10.3. The maximum absolute atomic E-state index is 12.1. The predicted octanol–water partition coefficient (Wildman–Crippen LogP) is 2.38. The Morgan fingerprint density at radius 1 is 1.39 bits per heavy atom. The number of aromatic hydroxyl groups is 1. The molecular formula is C13H9ClN2O2. The summed E-state index contributed by atoms with van der Waals surface area (Å²) in [5.74, 6) is -0.223. The summed E-state index contributed by atoms with van der Waals surface area (Å²) in [5.41, 5.74) is 0.310. The molecular weight excluding hydrogens is 252 g/mol. The van der Waals surface area contributed by atoms with Gasteiger partial charge in [0.05, 0.1) is 5.69 Å². The number of aryl methyl sites for hydroxylation is 1. The van der Waals surface area contributed by atoms with Crippen LogP contribution in [0.5, 0.6) is 5.88 Å². The van der Waals surface area contributed by atoms with Gasteiger partial charge in [0.2, 0.25) is 0 Å². The van der Waals surface area contributed by atoms with E-state index in [9.17, 15) is 9.90 Å². The second kappa shape index (κ2) is 4.55. The van der Waals surface area contributed by atoms with Crippen molar-refractivity contribution in [1.29, 1.82) is 5.26 Å². The highest BCUT2D eigenvalue weighted by Crippen LogP contribution is 2.20. The van der Waals surface area contributed by atoms with E-state index in [1.807, 2.05) is 6.07 Å². The second-order valence-corrected chi connectivity index (χ2v) is 4.23. The Morgan fingerprint density at radius 3 is 2.72 bits per heavy atom. The minimum absolute atomic E-state index is 0.00720. The monoisotopic (exact) mass is 260 g/mol. The van der Waals surface area contributed by atoms with Crippen molar-refractivity contribution in [2.75, 3.05) is 0 Å². The van der Waals surface area contributed by atoms with Crippen molar-refractivity contribution in [3.63, 3.8) is 0 Å². The molecule has 1 heterocycles. The molecule has 1 aromatic carbocycles. The third kappa shape index (κ3) is 1.96. The molecule has 0 aliphatic heterocycles. The van der Waals surface area contributed by atoms with Crippen molar-refractivity contribution >= 4 is 11.6 Å².